The Morgan fingerprint density at radius 3 is 2.67 bits per heavy atom. The van der Waals surface area contributed by atoms with Crippen LogP contribution in [0, 0.1) is 0 Å². The first-order valence-corrected chi connectivity index (χ1v) is 3.61. The third-order valence-corrected chi connectivity index (χ3v) is 2.15. The number of carbonyl (C=O) groups excluding carboxylic acids is 1. The largest absolute Gasteiger partial charge is 0.436 e. The minimum atomic E-state index is -0.911. The Balaban J connectivity index is 2.87. The van der Waals surface area contributed by atoms with Crippen LogP contribution in [-0.2, 0) is 9.47 Å². The molecular formula is C7H12N2O3. The molecule has 2 unspecified atom stereocenters. The number of cyclic esters (lactones) is 1. The molecule has 1 heterocycles. The summed E-state index contributed by atoms with van der Waals surface area (Å²) in [7, 11) is 1.52. The van der Waals surface area contributed by atoms with Crippen molar-refractivity contribution in [3.05, 3.63) is 0 Å². The number of nitrogens with zero attached hydrogens (tertiary/aromatic N) is 1. The van der Waals surface area contributed by atoms with Gasteiger partial charge in [0.25, 0.3) is 0 Å². The summed E-state index contributed by atoms with van der Waals surface area (Å²) in [6, 6.07) is 0. The molecule has 0 spiro atoms. The monoisotopic (exact) mass is 172 g/mol. The van der Waals surface area contributed by atoms with E-state index in [1.807, 2.05) is 0 Å². The van der Waals surface area contributed by atoms with Crippen LogP contribution in [0.15, 0.2) is 4.99 Å². The fraction of sp³-hybridized carbons (Fsp3) is 0.714. The van der Waals surface area contributed by atoms with Gasteiger partial charge < -0.3 is 15.2 Å². The predicted molar refractivity (Wildman–Crippen MR) is 43.0 cm³/mol. The molecule has 0 aromatic carbocycles. The first-order valence-electron chi connectivity index (χ1n) is 3.61. The molecule has 1 rings (SSSR count). The molecule has 1 aliphatic rings. The summed E-state index contributed by atoms with van der Waals surface area (Å²) in [5.41, 5.74) is 4.59. The molecule has 1 amide bonds. The molecule has 0 aliphatic carbocycles. The van der Waals surface area contributed by atoms with Gasteiger partial charge in [-0.3, -0.25) is 0 Å². The van der Waals surface area contributed by atoms with Crippen LogP contribution in [0.4, 0.5) is 4.79 Å². The Kier molecular flexibility index (Phi) is 2.06. The lowest BCUT2D eigenvalue weighted by atomic mass is 9.99. The second kappa shape index (κ2) is 2.75. The molecular weight excluding hydrogens is 160 g/mol. The third-order valence-electron chi connectivity index (χ3n) is 2.15. The number of amidine groups is 1. The van der Waals surface area contributed by atoms with Crippen LogP contribution in [0.3, 0.4) is 0 Å². The van der Waals surface area contributed by atoms with E-state index >= 15 is 0 Å². The van der Waals surface area contributed by atoms with Crippen molar-refractivity contribution >= 4 is 11.9 Å². The highest BCUT2D eigenvalue weighted by molar-refractivity contribution is 6.02. The molecule has 0 radical (unpaired) electrons. The molecule has 0 saturated carbocycles. The molecule has 68 valence electrons. The van der Waals surface area contributed by atoms with Crippen LogP contribution in [0.5, 0.6) is 0 Å². The number of rotatable bonds is 2. The van der Waals surface area contributed by atoms with Crippen LogP contribution < -0.4 is 5.73 Å². The number of hydrogen-bond donors (Lipinski definition) is 1. The van der Waals surface area contributed by atoms with Crippen LogP contribution in [0.1, 0.15) is 13.8 Å². The first kappa shape index (κ1) is 8.99. The van der Waals surface area contributed by atoms with Gasteiger partial charge in [-0.25, -0.2) is 4.79 Å². The number of hydrogen-bond acceptors (Lipinski definition) is 4. The Labute approximate surface area is 70.5 Å². The summed E-state index contributed by atoms with van der Waals surface area (Å²) in [6.45, 7) is 3.44. The van der Waals surface area contributed by atoms with Gasteiger partial charge in [0.1, 0.15) is 6.10 Å². The lowest BCUT2D eigenvalue weighted by molar-refractivity contribution is -0.0276. The molecule has 0 saturated heterocycles. The average molecular weight is 172 g/mol. The zero-order valence-electron chi connectivity index (χ0n) is 7.33. The average Bonchev–Trinajstić information content (AvgIpc) is 2.26. The van der Waals surface area contributed by atoms with Crippen LogP contribution >= 0.6 is 0 Å². The van der Waals surface area contributed by atoms with Crippen LogP contribution in [0.2, 0.25) is 0 Å². The number of methoxy groups -OCH3 is 1. The van der Waals surface area contributed by atoms with Gasteiger partial charge in [0.15, 0.2) is 11.4 Å². The molecule has 0 bridgehead atoms. The van der Waals surface area contributed by atoms with E-state index in [0.717, 1.165) is 0 Å². The van der Waals surface area contributed by atoms with Crippen molar-refractivity contribution in [3.63, 3.8) is 0 Å². The van der Waals surface area contributed by atoms with Crippen molar-refractivity contribution in [1.82, 2.24) is 0 Å². The van der Waals surface area contributed by atoms with Crippen molar-refractivity contribution in [3.8, 4) is 0 Å². The van der Waals surface area contributed by atoms with E-state index in [9.17, 15) is 4.79 Å². The van der Waals surface area contributed by atoms with E-state index in [2.05, 4.69) is 4.99 Å². The lowest BCUT2D eigenvalue weighted by Crippen LogP contribution is -2.49. The Hall–Kier alpha value is -1.10. The normalized spacial score (nSPS) is 31.2. The van der Waals surface area contributed by atoms with Crippen molar-refractivity contribution < 1.29 is 14.3 Å². The highest BCUT2D eigenvalue weighted by Crippen LogP contribution is 2.23. The Morgan fingerprint density at radius 2 is 2.33 bits per heavy atom. The fourth-order valence-electron chi connectivity index (χ4n) is 0.982. The Morgan fingerprint density at radius 1 is 1.75 bits per heavy atom. The molecule has 0 aromatic heterocycles. The van der Waals surface area contributed by atoms with Gasteiger partial charge in [-0.15, -0.1) is 0 Å². The van der Waals surface area contributed by atoms with Crippen LogP contribution in [-0.4, -0.2) is 30.7 Å². The zero-order valence-corrected chi connectivity index (χ0v) is 7.33. The van der Waals surface area contributed by atoms with Crippen molar-refractivity contribution in [2.24, 2.45) is 10.7 Å². The molecule has 0 aromatic rings. The number of aliphatic imine (C=N–C) groups is 1. The second-order valence-electron chi connectivity index (χ2n) is 2.85. The van der Waals surface area contributed by atoms with E-state index < -0.39 is 11.7 Å². The van der Waals surface area contributed by atoms with E-state index in [1.54, 1.807) is 13.8 Å². The van der Waals surface area contributed by atoms with Crippen LogP contribution in [0.25, 0.3) is 0 Å². The molecule has 12 heavy (non-hydrogen) atoms. The van der Waals surface area contributed by atoms with Gasteiger partial charge in [0.05, 0.1) is 0 Å². The second-order valence-corrected chi connectivity index (χ2v) is 2.85. The Bertz CT molecular complexity index is 239. The first-order chi connectivity index (χ1) is 5.50. The molecule has 2 N–H and O–H groups in total. The summed E-state index contributed by atoms with van der Waals surface area (Å²) in [5, 5.41) is 0. The van der Waals surface area contributed by atoms with Gasteiger partial charge in [-0.1, -0.05) is 0 Å². The van der Waals surface area contributed by atoms with Gasteiger partial charge >= 0.3 is 6.09 Å². The molecule has 2 atom stereocenters. The third kappa shape index (κ3) is 1.16. The summed E-state index contributed by atoms with van der Waals surface area (Å²) < 4.78 is 9.94. The number of nitrogens with two attached hydrogens (primary N) is 1. The molecule has 1 aliphatic heterocycles. The molecule has 0 fully saturated rings. The quantitative estimate of drug-likeness (QED) is 0.649. The van der Waals surface area contributed by atoms with E-state index in [0.29, 0.717) is 0 Å². The summed E-state index contributed by atoms with van der Waals surface area (Å²) in [5.74, 6) is 0.168. The zero-order chi connectivity index (χ0) is 9.35. The summed E-state index contributed by atoms with van der Waals surface area (Å²) in [6.07, 6.45) is -0.952. The smallest absolute Gasteiger partial charge is 0.431 e. The summed E-state index contributed by atoms with van der Waals surface area (Å²) in [4.78, 5) is 14.2. The van der Waals surface area contributed by atoms with Gasteiger partial charge in [-0.05, 0) is 13.8 Å². The molecule has 5 heteroatoms. The maximum Gasteiger partial charge on any atom is 0.436 e. The van der Waals surface area contributed by atoms with Gasteiger partial charge in [-0.2, -0.15) is 4.99 Å². The number of amides is 1. The standard InChI is InChI=1S/C7H12N2O3/c1-4(11-3)7(2)5(8)9-6(10)12-7/h4H,1-3H3,(H2,8,9,10). The van der Waals surface area contributed by atoms with E-state index in [4.69, 9.17) is 15.2 Å². The highest BCUT2D eigenvalue weighted by Gasteiger charge is 2.44. The number of ether oxygens (including phenoxy) is 2. The minimum Gasteiger partial charge on any atom is -0.431 e. The van der Waals surface area contributed by atoms with Gasteiger partial charge in [0.2, 0.25) is 0 Å². The predicted octanol–water partition coefficient (Wildman–Crippen LogP) is 0.287. The minimum absolute atomic E-state index is 0.168. The lowest BCUT2D eigenvalue weighted by Gasteiger charge is -2.27. The maximum absolute atomic E-state index is 10.7. The highest BCUT2D eigenvalue weighted by atomic mass is 16.6. The van der Waals surface area contributed by atoms with Crippen molar-refractivity contribution in [2.45, 2.75) is 25.6 Å². The molecule has 5 nitrogen and oxygen atoms in total. The SMILES string of the molecule is COC(C)C1(C)OC(=O)N=C1N. The van der Waals surface area contributed by atoms with E-state index in [1.165, 1.54) is 7.11 Å². The maximum atomic E-state index is 10.7. The summed E-state index contributed by atoms with van der Waals surface area (Å²) >= 11 is 0. The fourth-order valence-corrected chi connectivity index (χ4v) is 0.982. The number of carbonyl (C=O) groups is 1. The van der Waals surface area contributed by atoms with Crippen molar-refractivity contribution in [2.75, 3.05) is 7.11 Å². The van der Waals surface area contributed by atoms with Crippen molar-refractivity contribution in [1.29, 1.82) is 0 Å². The van der Waals surface area contributed by atoms with Gasteiger partial charge in [0, 0.05) is 7.11 Å². The van der Waals surface area contributed by atoms with E-state index in [-0.39, 0.29) is 11.9 Å². The topological polar surface area (TPSA) is 73.9 Å².